The highest BCUT2D eigenvalue weighted by Gasteiger charge is 2.36. The van der Waals surface area contributed by atoms with E-state index in [0.717, 1.165) is 5.56 Å². The molecule has 2 amide bonds. The van der Waals surface area contributed by atoms with Crippen LogP contribution in [0.2, 0.25) is 0 Å². The van der Waals surface area contributed by atoms with Gasteiger partial charge in [0.2, 0.25) is 11.8 Å². The third kappa shape index (κ3) is 4.71. The summed E-state index contributed by atoms with van der Waals surface area (Å²) < 4.78 is 5.23. The van der Waals surface area contributed by atoms with Crippen molar-refractivity contribution in [1.29, 1.82) is 5.26 Å². The molecule has 1 saturated heterocycles. The van der Waals surface area contributed by atoms with Crippen LogP contribution >= 0.6 is 0 Å². The lowest BCUT2D eigenvalue weighted by Gasteiger charge is -2.39. The predicted molar refractivity (Wildman–Crippen MR) is 84.6 cm³/mol. The normalized spacial score (nSPS) is 19.3. The summed E-state index contributed by atoms with van der Waals surface area (Å²) in [6, 6.07) is 8.95. The van der Waals surface area contributed by atoms with Crippen LogP contribution in [0.25, 0.3) is 0 Å². The molecule has 0 saturated carbocycles. The summed E-state index contributed by atoms with van der Waals surface area (Å²) in [6.45, 7) is 3.79. The van der Waals surface area contributed by atoms with Gasteiger partial charge in [-0.1, -0.05) is 12.1 Å². The lowest BCUT2D eigenvalue weighted by molar-refractivity contribution is -0.128. The van der Waals surface area contributed by atoms with Crippen molar-refractivity contribution in [3.63, 3.8) is 0 Å². The molecule has 1 heterocycles. The van der Waals surface area contributed by atoms with Crippen molar-refractivity contribution in [3.05, 3.63) is 29.8 Å². The molecule has 0 bridgehead atoms. The van der Waals surface area contributed by atoms with Gasteiger partial charge < -0.3 is 15.4 Å². The molecule has 122 valence electrons. The fourth-order valence-corrected chi connectivity index (χ4v) is 2.69. The fraction of sp³-hybridized carbons (Fsp3) is 0.471. The Morgan fingerprint density at radius 3 is 3.00 bits per heavy atom. The zero-order valence-electron chi connectivity index (χ0n) is 13.4. The van der Waals surface area contributed by atoms with E-state index in [0.29, 0.717) is 18.6 Å². The Hall–Kier alpha value is -2.55. The van der Waals surface area contributed by atoms with Crippen LogP contribution in [-0.2, 0) is 16.0 Å². The van der Waals surface area contributed by atoms with Crippen molar-refractivity contribution < 1.29 is 14.3 Å². The molecular formula is C17H21N3O3. The van der Waals surface area contributed by atoms with E-state index in [9.17, 15) is 9.59 Å². The molecule has 1 atom stereocenters. The van der Waals surface area contributed by atoms with Gasteiger partial charge in [-0.05, 0) is 38.0 Å². The minimum absolute atomic E-state index is 0.0165. The highest BCUT2D eigenvalue weighted by molar-refractivity contribution is 5.81. The summed E-state index contributed by atoms with van der Waals surface area (Å²) in [6.07, 6.45) is 1.28. The maximum Gasteiger partial charge on any atom is 0.224 e. The lowest BCUT2D eigenvalue weighted by atomic mass is 9.86. The first-order valence-corrected chi connectivity index (χ1v) is 7.60. The highest BCUT2D eigenvalue weighted by Crippen LogP contribution is 2.20. The number of carbonyl (C=O) groups excluding carboxylic acids is 2. The fourth-order valence-electron chi connectivity index (χ4n) is 2.69. The van der Waals surface area contributed by atoms with E-state index in [2.05, 4.69) is 10.6 Å². The van der Waals surface area contributed by atoms with Gasteiger partial charge in [-0.25, -0.2) is 0 Å². The maximum absolute atomic E-state index is 12.3. The molecule has 0 aliphatic carbocycles. The standard InChI is InChI=1S/C17H21N3O3/c1-17(2)14(6-7-15(21)20-17)19-16(22)11-12-4-3-5-13(10-12)23-9-8-18/h3-5,10,14H,6-7,9,11H2,1-2H3,(H,19,22)(H,20,21). The number of amides is 2. The smallest absolute Gasteiger partial charge is 0.224 e. The molecule has 1 aromatic rings. The molecule has 2 rings (SSSR count). The van der Waals surface area contributed by atoms with Crippen molar-refractivity contribution >= 4 is 11.8 Å². The van der Waals surface area contributed by atoms with Crippen molar-refractivity contribution in [2.75, 3.05) is 6.61 Å². The summed E-state index contributed by atoms with van der Waals surface area (Å²) in [4.78, 5) is 23.7. The average molecular weight is 315 g/mol. The Morgan fingerprint density at radius 2 is 2.30 bits per heavy atom. The van der Waals surface area contributed by atoms with Gasteiger partial charge in [0.15, 0.2) is 6.61 Å². The number of hydrogen-bond donors (Lipinski definition) is 2. The number of piperidine rings is 1. The first-order valence-electron chi connectivity index (χ1n) is 7.60. The molecule has 6 nitrogen and oxygen atoms in total. The Balaban J connectivity index is 1.94. The van der Waals surface area contributed by atoms with E-state index in [1.54, 1.807) is 18.2 Å². The van der Waals surface area contributed by atoms with Gasteiger partial charge in [0, 0.05) is 6.42 Å². The number of hydrogen-bond acceptors (Lipinski definition) is 4. The van der Waals surface area contributed by atoms with Gasteiger partial charge in [-0.3, -0.25) is 9.59 Å². The Labute approximate surface area is 135 Å². The molecule has 0 aromatic heterocycles. The minimum Gasteiger partial charge on any atom is -0.479 e. The van der Waals surface area contributed by atoms with Crippen molar-refractivity contribution in [3.8, 4) is 11.8 Å². The summed E-state index contributed by atoms with van der Waals surface area (Å²) in [5.74, 6) is 0.488. The number of carbonyl (C=O) groups is 2. The largest absolute Gasteiger partial charge is 0.479 e. The van der Waals surface area contributed by atoms with Crippen molar-refractivity contribution in [2.24, 2.45) is 0 Å². The van der Waals surface area contributed by atoms with E-state index in [1.807, 2.05) is 26.0 Å². The number of nitrogens with zero attached hydrogens (tertiary/aromatic N) is 1. The average Bonchev–Trinajstić information content (AvgIpc) is 2.48. The third-order valence-electron chi connectivity index (χ3n) is 3.89. The number of benzene rings is 1. The Kier molecular flexibility index (Phi) is 5.22. The van der Waals surface area contributed by atoms with Gasteiger partial charge in [0.25, 0.3) is 0 Å². The topological polar surface area (TPSA) is 91.2 Å². The SMILES string of the molecule is CC1(C)NC(=O)CCC1NC(=O)Cc1cccc(OCC#N)c1. The van der Waals surface area contributed by atoms with Crippen LogP contribution < -0.4 is 15.4 Å². The molecule has 1 aromatic carbocycles. The zero-order valence-corrected chi connectivity index (χ0v) is 13.4. The minimum atomic E-state index is -0.456. The van der Waals surface area contributed by atoms with Crippen LogP contribution in [0.3, 0.4) is 0 Å². The Bertz CT molecular complexity index is 634. The van der Waals surface area contributed by atoms with Crippen LogP contribution in [0.4, 0.5) is 0 Å². The molecule has 1 aliphatic heterocycles. The monoisotopic (exact) mass is 315 g/mol. The first-order chi connectivity index (χ1) is 10.9. The summed E-state index contributed by atoms with van der Waals surface area (Å²) in [5.41, 5.74) is 0.360. The lowest BCUT2D eigenvalue weighted by Crippen LogP contribution is -2.62. The van der Waals surface area contributed by atoms with Gasteiger partial charge >= 0.3 is 0 Å². The molecule has 0 radical (unpaired) electrons. The van der Waals surface area contributed by atoms with Gasteiger partial charge in [-0.2, -0.15) is 5.26 Å². The van der Waals surface area contributed by atoms with Crippen LogP contribution in [0.15, 0.2) is 24.3 Å². The summed E-state index contributed by atoms with van der Waals surface area (Å²) in [5, 5.41) is 14.4. The number of rotatable bonds is 5. The maximum atomic E-state index is 12.3. The molecular weight excluding hydrogens is 294 g/mol. The van der Waals surface area contributed by atoms with Crippen molar-refractivity contribution in [2.45, 2.75) is 44.7 Å². The number of nitriles is 1. The van der Waals surface area contributed by atoms with Crippen LogP contribution in [0.1, 0.15) is 32.3 Å². The molecule has 0 spiro atoms. The van der Waals surface area contributed by atoms with Gasteiger partial charge in [0.05, 0.1) is 18.0 Å². The zero-order chi connectivity index (χ0) is 16.9. The molecule has 23 heavy (non-hydrogen) atoms. The van der Waals surface area contributed by atoms with Crippen LogP contribution in [-0.4, -0.2) is 30.0 Å². The molecule has 2 N–H and O–H groups in total. The second kappa shape index (κ2) is 7.14. The van der Waals surface area contributed by atoms with Crippen LogP contribution in [0.5, 0.6) is 5.75 Å². The summed E-state index contributed by atoms with van der Waals surface area (Å²) >= 11 is 0. The first kappa shape index (κ1) is 16.8. The van der Waals surface area contributed by atoms with E-state index in [1.165, 1.54) is 0 Å². The molecule has 1 aliphatic rings. The highest BCUT2D eigenvalue weighted by atomic mass is 16.5. The summed E-state index contributed by atoms with van der Waals surface area (Å²) in [7, 11) is 0. The van der Waals surface area contributed by atoms with E-state index in [4.69, 9.17) is 10.00 Å². The molecule has 1 fully saturated rings. The van der Waals surface area contributed by atoms with E-state index >= 15 is 0 Å². The van der Waals surface area contributed by atoms with Gasteiger partial charge in [-0.15, -0.1) is 0 Å². The van der Waals surface area contributed by atoms with E-state index in [-0.39, 0.29) is 30.9 Å². The quantitative estimate of drug-likeness (QED) is 0.857. The van der Waals surface area contributed by atoms with Crippen molar-refractivity contribution in [1.82, 2.24) is 10.6 Å². The predicted octanol–water partition coefficient (Wildman–Crippen LogP) is 1.30. The molecule has 6 heteroatoms. The second-order valence-corrected chi connectivity index (χ2v) is 6.20. The number of ether oxygens (including phenoxy) is 1. The Morgan fingerprint density at radius 1 is 1.52 bits per heavy atom. The van der Waals surface area contributed by atoms with E-state index < -0.39 is 5.54 Å². The third-order valence-corrected chi connectivity index (χ3v) is 3.89. The number of nitrogens with one attached hydrogen (secondary N) is 2. The second-order valence-electron chi connectivity index (χ2n) is 6.20. The van der Waals surface area contributed by atoms with Gasteiger partial charge in [0.1, 0.15) is 11.8 Å². The molecule has 1 unspecified atom stereocenters. The van der Waals surface area contributed by atoms with Crippen LogP contribution in [0, 0.1) is 11.3 Å².